The molecule has 0 fully saturated rings. The number of hydrogen-bond acceptors (Lipinski definition) is 4. The van der Waals surface area contributed by atoms with Gasteiger partial charge in [0.1, 0.15) is 11.5 Å². The first-order valence-electron chi connectivity index (χ1n) is 9.81. The molecule has 2 aromatic carbocycles. The summed E-state index contributed by atoms with van der Waals surface area (Å²) in [6.07, 6.45) is 1.26. The highest BCUT2D eigenvalue weighted by atomic mass is 16.5. The Labute approximate surface area is 166 Å². The molecule has 5 nitrogen and oxygen atoms in total. The summed E-state index contributed by atoms with van der Waals surface area (Å²) in [5.41, 5.74) is 2.97. The molecule has 0 aromatic heterocycles. The zero-order valence-corrected chi connectivity index (χ0v) is 16.8. The SMILES string of the molecule is CC(=O)CCc1ccc(OCC(=O)N2CC(C(C)C)Nc3ccccc32)cc1. The Bertz CT molecular complexity index is 830. The number of nitrogens with one attached hydrogen (secondary N) is 1. The van der Waals surface area contributed by atoms with E-state index in [0.29, 0.717) is 24.6 Å². The van der Waals surface area contributed by atoms with E-state index in [0.717, 1.165) is 23.4 Å². The van der Waals surface area contributed by atoms with Crippen molar-refractivity contribution in [3.8, 4) is 5.75 Å². The van der Waals surface area contributed by atoms with Crippen molar-refractivity contribution >= 4 is 23.1 Å². The van der Waals surface area contributed by atoms with Crippen molar-refractivity contribution in [1.29, 1.82) is 0 Å². The van der Waals surface area contributed by atoms with Crippen LogP contribution in [0.15, 0.2) is 48.5 Å². The Morgan fingerprint density at radius 3 is 2.54 bits per heavy atom. The smallest absolute Gasteiger partial charge is 0.265 e. The highest BCUT2D eigenvalue weighted by Gasteiger charge is 2.29. The standard InChI is InChI=1S/C23H28N2O3/c1-16(2)21-14-25(22-7-5-4-6-20(22)24-21)23(27)15-28-19-12-10-18(11-13-19)9-8-17(3)26/h4-7,10-13,16,21,24H,8-9,14-15H2,1-3H3. The van der Waals surface area contributed by atoms with Crippen molar-refractivity contribution in [3.05, 3.63) is 54.1 Å². The first kappa shape index (κ1) is 19.9. The van der Waals surface area contributed by atoms with Gasteiger partial charge in [0.2, 0.25) is 0 Å². The number of hydrogen-bond donors (Lipinski definition) is 1. The van der Waals surface area contributed by atoms with Crippen molar-refractivity contribution in [2.45, 2.75) is 39.7 Å². The van der Waals surface area contributed by atoms with Crippen LogP contribution in [0.25, 0.3) is 0 Å². The molecule has 1 aliphatic rings. The molecule has 5 heteroatoms. The quantitative estimate of drug-likeness (QED) is 0.787. The fourth-order valence-electron chi connectivity index (χ4n) is 3.28. The monoisotopic (exact) mass is 380 g/mol. The molecule has 0 bridgehead atoms. The zero-order valence-electron chi connectivity index (χ0n) is 16.8. The van der Waals surface area contributed by atoms with Crippen LogP contribution in [0.1, 0.15) is 32.8 Å². The van der Waals surface area contributed by atoms with Gasteiger partial charge >= 0.3 is 0 Å². The third kappa shape index (κ3) is 4.91. The molecular formula is C23H28N2O3. The van der Waals surface area contributed by atoms with Crippen molar-refractivity contribution in [2.24, 2.45) is 5.92 Å². The van der Waals surface area contributed by atoms with E-state index in [1.54, 1.807) is 6.92 Å². The number of ether oxygens (including phenoxy) is 1. The third-order valence-corrected chi connectivity index (χ3v) is 5.07. The van der Waals surface area contributed by atoms with Gasteiger partial charge in [-0.1, -0.05) is 38.1 Å². The fourth-order valence-corrected chi connectivity index (χ4v) is 3.28. The second-order valence-electron chi connectivity index (χ2n) is 7.65. The van der Waals surface area contributed by atoms with Crippen molar-refractivity contribution in [2.75, 3.05) is 23.4 Å². The molecular weight excluding hydrogens is 352 g/mol. The number of rotatable bonds is 7. The summed E-state index contributed by atoms with van der Waals surface area (Å²) in [6.45, 7) is 6.52. The number of para-hydroxylation sites is 2. The minimum absolute atomic E-state index is 0.00799. The highest BCUT2D eigenvalue weighted by molar-refractivity contribution is 5.98. The fraction of sp³-hybridized carbons (Fsp3) is 0.391. The number of carbonyl (C=O) groups is 2. The van der Waals surface area contributed by atoms with Crippen molar-refractivity contribution in [3.63, 3.8) is 0 Å². The average Bonchev–Trinajstić information content (AvgIpc) is 2.70. The van der Waals surface area contributed by atoms with Crippen LogP contribution in [0.4, 0.5) is 11.4 Å². The van der Waals surface area contributed by atoms with Crippen LogP contribution in [0.3, 0.4) is 0 Å². The summed E-state index contributed by atoms with van der Waals surface area (Å²) in [7, 11) is 0. The average molecular weight is 380 g/mol. The topological polar surface area (TPSA) is 58.6 Å². The van der Waals surface area contributed by atoms with E-state index in [4.69, 9.17) is 4.74 Å². The van der Waals surface area contributed by atoms with E-state index in [-0.39, 0.29) is 24.3 Å². The first-order valence-corrected chi connectivity index (χ1v) is 9.81. The molecule has 0 radical (unpaired) electrons. The van der Waals surface area contributed by atoms with E-state index in [2.05, 4.69) is 19.2 Å². The Morgan fingerprint density at radius 2 is 1.86 bits per heavy atom. The lowest BCUT2D eigenvalue weighted by molar-refractivity contribution is -0.120. The molecule has 148 valence electrons. The summed E-state index contributed by atoms with van der Waals surface area (Å²) in [6, 6.07) is 15.7. The molecule has 0 saturated heterocycles. The van der Waals surface area contributed by atoms with Crippen molar-refractivity contribution < 1.29 is 14.3 Å². The predicted octanol–water partition coefficient (Wildman–Crippen LogP) is 4.07. The molecule has 1 atom stereocenters. The van der Waals surface area contributed by atoms with Crippen molar-refractivity contribution in [1.82, 2.24) is 0 Å². The molecule has 2 aromatic rings. The second kappa shape index (κ2) is 8.91. The Balaban J connectivity index is 1.63. The number of anilines is 2. The predicted molar refractivity (Wildman–Crippen MR) is 112 cm³/mol. The number of Topliss-reactive ketones (excluding diaryl/α,β-unsaturated/α-hetero) is 1. The summed E-state index contributed by atoms with van der Waals surface area (Å²) < 4.78 is 5.73. The summed E-state index contributed by atoms with van der Waals surface area (Å²) >= 11 is 0. The number of carbonyl (C=O) groups excluding carboxylic acids is 2. The number of aryl methyl sites for hydroxylation is 1. The van der Waals surface area contributed by atoms with Crippen LogP contribution in [0.2, 0.25) is 0 Å². The van der Waals surface area contributed by atoms with Gasteiger partial charge in [0, 0.05) is 19.0 Å². The second-order valence-corrected chi connectivity index (χ2v) is 7.65. The van der Waals surface area contributed by atoms with E-state index in [9.17, 15) is 9.59 Å². The molecule has 1 heterocycles. The van der Waals surface area contributed by atoms with E-state index in [1.165, 1.54) is 0 Å². The molecule has 0 saturated carbocycles. The van der Waals surface area contributed by atoms with Gasteiger partial charge in [-0.15, -0.1) is 0 Å². The number of fused-ring (bicyclic) bond motifs is 1. The molecule has 1 amide bonds. The molecule has 1 unspecified atom stereocenters. The maximum absolute atomic E-state index is 12.9. The Kier molecular flexibility index (Phi) is 6.34. The van der Waals surface area contributed by atoms with Gasteiger partial charge in [-0.05, 0) is 49.1 Å². The number of benzene rings is 2. The van der Waals surface area contributed by atoms with Gasteiger partial charge in [0.25, 0.3) is 5.91 Å². The Morgan fingerprint density at radius 1 is 1.14 bits per heavy atom. The van der Waals surface area contributed by atoms with Gasteiger partial charge < -0.3 is 19.7 Å². The van der Waals surface area contributed by atoms with Crippen LogP contribution in [0.5, 0.6) is 5.75 Å². The van der Waals surface area contributed by atoms with Crippen LogP contribution in [-0.4, -0.2) is 30.9 Å². The normalized spacial score (nSPS) is 15.7. The maximum atomic E-state index is 12.9. The number of ketones is 1. The van der Waals surface area contributed by atoms with E-state index in [1.807, 2.05) is 53.4 Å². The summed E-state index contributed by atoms with van der Waals surface area (Å²) in [5.74, 6) is 1.19. The highest BCUT2D eigenvalue weighted by Crippen LogP contribution is 2.32. The van der Waals surface area contributed by atoms with Gasteiger partial charge in [-0.25, -0.2) is 0 Å². The lowest BCUT2D eigenvalue weighted by Gasteiger charge is -2.37. The van der Waals surface area contributed by atoms with Gasteiger partial charge in [0.05, 0.1) is 11.4 Å². The minimum atomic E-state index is -0.0553. The first-order chi connectivity index (χ1) is 13.4. The third-order valence-electron chi connectivity index (χ3n) is 5.07. The van der Waals surface area contributed by atoms with E-state index >= 15 is 0 Å². The molecule has 0 aliphatic carbocycles. The van der Waals surface area contributed by atoms with Gasteiger partial charge in [0.15, 0.2) is 6.61 Å². The molecule has 28 heavy (non-hydrogen) atoms. The van der Waals surface area contributed by atoms with Crippen LogP contribution >= 0.6 is 0 Å². The van der Waals surface area contributed by atoms with Crippen LogP contribution in [-0.2, 0) is 16.0 Å². The van der Waals surface area contributed by atoms with E-state index < -0.39 is 0 Å². The largest absolute Gasteiger partial charge is 0.484 e. The number of amides is 1. The number of nitrogens with zero attached hydrogens (tertiary/aromatic N) is 1. The Hall–Kier alpha value is -2.82. The summed E-state index contributed by atoms with van der Waals surface area (Å²) in [5, 5.41) is 3.52. The minimum Gasteiger partial charge on any atom is -0.484 e. The summed E-state index contributed by atoms with van der Waals surface area (Å²) in [4.78, 5) is 25.8. The van der Waals surface area contributed by atoms with Gasteiger partial charge in [-0.2, -0.15) is 0 Å². The maximum Gasteiger partial charge on any atom is 0.265 e. The van der Waals surface area contributed by atoms with Gasteiger partial charge in [-0.3, -0.25) is 4.79 Å². The lowest BCUT2D eigenvalue weighted by Crippen LogP contribution is -2.48. The zero-order chi connectivity index (χ0) is 20.1. The van der Waals surface area contributed by atoms with Crippen LogP contribution < -0.4 is 15.0 Å². The lowest BCUT2D eigenvalue weighted by atomic mass is 10.00. The van der Waals surface area contributed by atoms with Crippen LogP contribution in [0, 0.1) is 5.92 Å². The molecule has 1 aliphatic heterocycles. The molecule has 1 N–H and O–H groups in total. The molecule has 3 rings (SSSR count). The molecule has 0 spiro atoms.